The number of amides is 2. The van der Waals surface area contributed by atoms with Crippen molar-refractivity contribution in [3.63, 3.8) is 0 Å². The predicted octanol–water partition coefficient (Wildman–Crippen LogP) is 2.64. The fourth-order valence-electron chi connectivity index (χ4n) is 4.28. The maximum absolute atomic E-state index is 13.5. The van der Waals surface area contributed by atoms with E-state index in [0.29, 0.717) is 11.4 Å². The van der Waals surface area contributed by atoms with E-state index in [1.54, 1.807) is 19.1 Å². The molecule has 2 aromatic carbocycles. The van der Waals surface area contributed by atoms with Crippen molar-refractivity contribution in [2.75, 3.05) is 5.73 Å². The highest BCUT2D eigenvalue weighted by Crippen LogP contribution is 2.33. The number of benzene rings is 2. The number of H-pyrrole nitrogens is 1. The van der Waals surface area contributed by atoms with Crippen LogP contribution in [0, 0.1) is 12.7 Å². The average Bonchev–Trinajstić information content (AvgIpc) is 3.54. The van der Waals surface area contributed by atoms with E-state index in [2.05, 4.69) is 35.8 Å². The van der Waals surface area contributed by atoms with Crippen LogP contribution in [0.25, 0.3) is 11.4 Å². The van der Waals surface area contributed by atoms with Gasteiger partial charge in [-0.05, 0) is 54.2 Å². The second-order valence-electron chi connectivity index (χ2n) is 8.58. The van der Waals surface area contributed by atoms with Crippen molar-refractivity contribution in [2.45, 2.75) is 32.4 Å². The smallest absolute Gasteiger partial charge is 0.270 e. The third kappa shape index (κ3) is 4.76. The van der Waals surface area contributed by atoms with Gasteiger partial charge in [-0.25, -0.2) is 19.3 Å². The topological polar surface area (TPSA) is 152 Å². The Bertz CT molecular complexity index is 1450. The van der Waals surface area contributed by atoms with Crippen LogP contribution in [0.3, 0.4) is 0 Å². The number of aryl methyl sites for hydroxylation is 2. The molecule has 0 spiro atoms. The molecule has 1 aliphatic rings. The molecule has 1 aliphatic carbocycles. The summed E-state index contributed by atoms with van der Waals surface area (Å²) in [6, 6.07) is 11.6. The lowest BCUT2D eigenvalue weighted by atomic mass is 10.0. The lowest BCUT2D eigenvalue weighted by molar-refractivity contribution is 0.0931. The monoisotopic (exact) mass is 486 g/mol. The lowest BCUT2D eigenvalue weighted by Crippen LogP contribution is -2.30. The van der Waals surface area contributed by atoms with Gasteiger partial charge in [0, 0.05) is 18.2 Å². The molecule has 1 atom stereocenters. The highest BCUT2D eigenvalue weighted by Gasteiger charge is 2.26. The Kier molecular flexibility index (Phi) is 6.11. The number of aromatic nitrogens is 5. The summed E-state index contributed by atoms with van der Waals surface area (Å²) >= 11 is 0. The molecule has 2 amide bonds. The minimum Gasteiger partial charge on any atom is -0.368 e. The van der Waals surface area contributed by atoms with Gasteiger partial charge in [0.2, 0.25) is 5.95 Å². The molecule has 182 valence electrons. The first kappa shape index (κ1) is 23.1. The second-order valence-corrected chi connectivity index (χ2v) is 8.58. The number of halogens is 1. The normalized spacial score (nSPS) is 14.3. The van der Waals surface area contributed by atoms with Crippen LogP contribution >= 0.6 is 0 Å². The van der Waals surface area contributed by atoms with E-state index >= 15 is 0 Å². The summed E-state index contributed by atoms with van der Waals surface area (Å²) in [6.45, 7) is 1.81. The average molecular weight is 487 g/mol. The zero-order valence-electron chi connectivity index (χ0n) is 19.4. The number of hydrogen-bond donors (Lipinski definition) is 4. The van der Waals surface area contributed by atoms with E-state index in [4.69, 9.17) is 5.73 Å². The van der Waals surface area contributed by atoms with Crippen molar-refractivity contribution in [1.29, 1.82) is 0 Å². The molecule has 2 heterocycles. The van der Waals surface area contributed by atoms with E-state index in [-0.39, 0.29) is 35.7 Å². The Hall–Kier alpha value is -4.67. The van der Waals surface area contributed by atoms with Crippen molar-refractivity contribution in [3.05, 3.63) is 88.3 Å². The summed E-state index contributed by atoms with van der Waals surface area (Å²) < 4.78 is 13.5. The third-order valence-corrected chi connectivity index (χ3v) is 6.10. The number of anilines is 1. The molecule has 0 radical (unpaired) electrons. The van der Waals surface area contributed by atoms with E-state index in [0.717, 1.165) is 35.1 Å². The second kappa shape index (κ2) is 9.53. The van der Waals surface area contributed by atoms with Gasteiger partial charge in [0.25, 0.3) is 11.8 Å². The molecule has 0 unspecified atom stereocenters. The summed E-state index contributed by atoms with van der Waals surface area (Å²) in [5.41, 5.74) is 10.0. The Morgan fingerprint density at radius 1 is 1.11 bits per heavy atom. The van der Waals surface area contributed by atoms with Crippen molar-refractivity contribution in [3.8, 4) is 11.4 Å². The molecule has 36 heavy (non-hydrogen) atoms. The summed E-state index contributed by atoms with van der Waals surface area (Å²) in [6.07, 6.45) is 2.98. The van der Waals surface area contributed by atoms with Crippen molar-refractivity contribution >= 4 is 17.8 Å². The zero-order valence-corrected chi connectivity index (χ0v) is 19.4. The van der Waals surface area contributed by atoms with Gasteiger partial charge in [-0.15, -0.1) is 0 Å². The molecular weight excluding hydrogens is 463 g/mol. The summed E-state index contributed by atoms with van der Waals surface area (Å²) in [7, 11) is 0. The number of fused-ring (bicyclic) bond motifs is 1. The minimum absolute atomic E-state index is 0.00277. The van der Waals surface area contributed by atoms with Gasteiger partial charge < -0.3 is 16.4 Å². The molecule has 5 rings (SSSR count). The van der Waals surface area contributed by atoms with Crippen molar-refractivity contribution < 1.29 is 14.0 Å². The summed E-state index contributed by atoms with van der Waals surface area (Å²) in [5, 5.41) is 12.4. The van der Waals surface area contributed by atoms with Crippen LogP contribution in [-0.4, -0.2) is 37.0 Å². The molecule has 5 N–H and O–H groups in total. The van der Waals surface area contributed by atoms with E-state index < -0.39 is 11.8 Å². The van der Waals surface area contributed by atoms with Crippen LogP contribution in [0.15, 0.2) is 48.8 Å². The molecule has 0 saturated heterocycles. The van der Waals surface area contributed by atoms with Crippen LogP contribution in [0.5, 0.6) is 0 Å². The molecule has 0 saturated carbocycles. The number of nitrogen functional groups attached to an aromatic ring is 1. The van der Waals surface area contributed by atoms with E-state index in [9.17, 15) is 14.0 Å². The molecule has 0 bridgehead atoms. The lowest BCUT2D eigenvalue weighted by Gasteiger charge is -2.15. The Morgan fingerprint density at radius 3 is 2.67 bits per heavy atom. The maximum Gasteiger partial charge on any atom is 0.270 e. The summed E-state index contributed by atoms with van der Waals surface area (Å²) in [4.78, 5) is 37.8. The van der Waals surface area contributed by atoms with Gasteiger partial charge in [0.15, 0.2) is 5.82 Å². The Balaban J connectivity index is 1.27. The minimum atomic E-state index is -0.522. The number of aromatic amines is 1. The van der Waals surface area contributed by atoms with Crippen molar-refractivity contribution in [1.82, 2.24) is 35.8 Å². The molecule has 0 aliphatic heterocycles. The molecular formula is C25H23FN8O2. The largest absolute Gasteiger partial charge is 0.368 e. The van der Waals surface area contributed by atoms with Crippen LogP contribution in [0.2, 0.25) is 0 Å². The van der Waals surface area contributed by atoms with Gasteiger partial charge in [0.1, 0.15) is 23.5 Å². The van der Waals surface area contributed by atoms with Gasteiger partial charge in [-0.1, -0.05) is 24.3 Å². The number of hydrogen-bond acceptors (Lipinski definition) is 7. The molecule has 2 aromatic heterocycles. The predicted molar refractivity (Wildman–Crippen MR) is 129 cm³/mol. The molecule has 11 heteroatoms. The first-order valence-electron chi connectivity index (χ1n) is 11.3. The Labute approximate surface area is 205 Å². The highest BCUT2D eigenvalue weighted by atomic mass is 19.1. The standard InChI is InChI=1S/C25H23FN8O2/c1-13-8-14(2-6-18(13)26)11-28-23(35)20-10-21(33-25(27)32-20)24(36)31-19-7-4-15-9-16(3-5-17(15)19)22-29-12-30-34-22/h2-3,5-6,8-10,12,19H,4,7,11H2,1H3,(H,28,35)(H,31,36)(H2,27,32,33)(H,29,30,34)/t19-/m0/s1. The molecule has 10 nitrogen and oxygen atoms in total. The number of nitrogens with two attached hydrogens (primary N) is 1. The number of nitrogens with zero attached hydrogens (tertiary/aromatic N) is 4. The first-order chi connectivity index (χ1) is 17.4. The third-order valence-electron chi connectivity index (χ3n) is 6.10. The van der Waals surface area contributed by atoms with Crippen molar-refractivity contribution in [2.24, 2.45) is 0 Å². The van der Waals surface area contributed by atoms with E-state index in [1.165, 1.54) is 18.5 Å². The Morgan fingerprint density at radius 2 is 1.92 bits per heavy atom. The van der Waals surface area contributed by atoms with Gasteiger partial charge in [0.05, 0.1) is 6.04 Å². The SMILES string of the molecule is Cc1cc(CNC(=O)c2cc(C(=O)N[C@H]3CCc4cc(-c5ncn[nH]5)ccc43)nc(N)n2)ccc1F. The molecule has 4 aromatic rings. The van der Waals surface area contributed by atoms with Gasteiger partial charge >= 0.3 is 0 Å². The van der Waals surface area contributed by atoms with Crippen LogP contribution in [0.1, 0.15) is 55.7 Å². The first-order valence-corrected chi connectivity index (χ1v) is 11.3. The van der Waals surface area contributed by atoms with Crippen LogP contribution in [-0.2, 0) is 13.0 Å². The zero-order chi connectivity index (χ0) is 25.2. The highest BCUT2D eigenvalue weighted by molar-refractivity contribution is 5.97. The van der Waals surface area contributed by atoms with Crippen LogP contribution in [0.4, 0.5) is 10.3 Å². The van der Waals surface area contributed by atoms with E-state index in [1.807, 2.05) is 18.2 Å². The summed E-state index contributed by atoms with van der Waals surface area (Å²) in [5.74, 6) is -0.795. The number of carbonyl (C=O) groups excluding carboxylic acids is 2. The fraction of sp³-hybridized carbons (Fsp3) is 0.200. The number of carbonyl (C=O) groups is 2. The maximum atomic E-state index is 13.5. The molecule has 0 fully saturated rings. The van der Waals surface area contributed by atoms with Gasteiger partial charge in [-0.3, -0.25) is 14.7 Å². The number of rotatable bonds is 6. The number of nitrogens with one attached hydrogen (secondary N) is 3. The quantitative estimate of drug-likeness (QED) is 0.327. The van der Waals surface area contributed by atoms with Gasteiger partial charge in [-0.2, -0.15) is 5.10 Å². The van der Waals surface area contributed by atoms with Crippen LogP contribution < -0.4 is 16.4 Å². The fourth-order valence-corrected chi connectivity index (χ4v) is 4.28.